The molecule has 1 saturated heterocycles. The molecule has 2 atom stereocenters. The molecule has 1 aromatic carbocycles. The van der Waals surface area contributed by atoms with Crippen molar-refractivity contribution in [2.75, 3.05) is 6.54 Å². The van der Waals surface area contributed by atoms with Crippen molar-refractivity contribution >= 4 is 22.8 Å². The van der Waals surface area contributed by atoms with Crippen LogP contribution in [0.25, 0.3) is 11.0 Å². The van der Waals surface area contributed by atoms with E-state index >= 15 is 0 Å². The number of piperidine rings is 1. The quantitative estimate of drug-likeness (QED) is 0.439. The summed E-state index contributed by atoms with van der Waals surface area (Å²) in [6.07, 6.45) is 9.32. The summed E-state index contributed by atoms with van der Waals surface area (Å²) < 4.78 is 1.74. The monoisotopic (exact) mass is 474 g/mol. The number of aryl methyl sites for hydroxylation is 1. The molecule has 8 heteroatoms. The van der Waals surface area contributed by atoms with Crippen LogP contribution in [0.15, 0.2) is 30.5 Å². The molecule has 8 nitrogen and oxygen atoms in total. The van der Waals surface area contributed by atoms with E-state index in [1.165, 1.54) is 25.7 Å². The largest absolute Gasteiger partial charge is 0.356 e. The van der Waals surface area contributed by atoms with Crippen LogP contribution >= 0.6 is 0 Å². The first-order valence-electron chi connectivity index (χ1n) is 13.2. The molecule has 3 N–H and O–H groups in total. The van der Waals surface area contributed by atoms with Crippen molar-refractivity contribution in [2.45, 2.75) is 64.5 Å². The molecular weight excluding hydrogens is 440 g/mol. The van der Waals surface area contributed by atoms with Crippen molar-refractivity contribution in [2.24, 2.45) is 23.7 Å². The van der Waals surface area contributed by atoms with Gasteiger partial charge in [-0.2, -0.15) is 5.10 Å². The molecule has 6 rings (SSSR count). The Morgan fingerprint density at radius 1 is 1.17 bits per heavy atom. The Bertz CT molecular complexity index is 1230. The second-order valence-electron chi connectivity index (χ2n) is 10.5. The number of H-pyrrole nitrogens is 1. The van der Waals surface area contributed by atoms with Crippen LogP contribution in [0, 0.1) is 23.7 Å². The van der Waals surface area contributed by atoms with E-state index in [1.54, 1.807) is 16.9 Å². The van der Waals surface area contributed by atoms with Crippen LogP contribution in [0.1, 0.15) is 73.4 Å². The maximum Gasteiger partial charge on any atom is 0.270 e. The van der Waals surface area contributed by atoms with E-state index in [9.17, 15) is 9.59 Å². The molecule has 0 spiro atoms. The molecule has 184 valence electrons. The molecule has 2 aromatic heterocycles. The van der Waals surface area contributed by atoms with Gasteiger partial charge in [0.25, 0.3) is 5.91 Å². The summed E-state index contributed by atoms with van der Waals surface area (Å²) in [4.78, 5) is 34.1. The van der Waals surface area contributed by atoms with Crippen molar-refractivity contribution in [3.05, 3.63) is 47.5 Å². The number of nitrogens with zero attached hydrogens (tertiary/aromatic N) is 3. The van der Waals surface area contributed by atoms with Gasteiger partial charge in [-0.25, -0.2) is 4.98 Å². The van der Waals surface area contributed by atoms with Crippen LogP contribution in [0.2, 0.25) is 0 Å². The Morgan fingerprint density at radius 2 is 1.97 bits per heavy atom. The number of aromatic amines is 1. The molecule has 2 saturated carbocycles. The van der Waals surface area contributed by atoms with Crippen LogP contribution in [-0.4, -0.2) is 38.1 Å². The van der Waals surface area contributed by atoms with Gasteiger partial charge in [0.05, 0.1) is 17.1 Å². The molecule has 3 aromatic rings. The van der Waals surface area contributed by atoms with Gasteiger partial charge in [-0.15, -0.1) is 0 Å². The number of imidazole rings is 1. The first-order valence-corrected chi connectivity index (χ1v) is 13.2. The number of carbonyl (C=O) groups excluding carboxylic acids is 2. The zero-order chi connectivity index (χ0) is 23.9. The van der Waals surface area contributed by atoms with E-state index < -0.39 is 0 Å². The first kappa shape index (κ1) is 22.3. The highest BCUT2D eigenvalue weighted by molar-refractivity contribution is 5.92. The number of carbonyl (C=O) groups is 2. The van der Waals surface area contributed by atoms with Crippen molar-refractivity contribution in [1.82, 2.24) is 30.4 Å². The number of rotatable bonds is 9. The van der Waals surface area contributed by atoms with E-state index in [0.29, 0.717) is 30.0 Å². The van der Waals surface area contributed by atoms with Gasteiger partial charge in [-0.3, -0.25) is 14.3 Å². The molecular formula is C27H34N6O2. The summed E-state index contributed by atoms with van der Waals surface area (Å²) in [6, 6.07) is 7.89. The molecule has 1 aliphatic heterocycles. The molecule has 35 heavy (non-hydrogen) atoms. The molecule has 1 unspecified atom stereocenters. The number of nitrogens with one attached hydrogen (secondary N) is 3. The summed E-state index contributed by atoms with van der Waals surface area (Å²) >= 11 is 0. The number of hydrogen-bond acceptors (Lipinski definition) is 4. The highest BCUT2D eigenvalue weighted by atomic mass is 16.2. The maximum absolute atomic E-state index is 13.3. The van der Waals surface area contributed by atoms with Crippen molar-refractivity contribution in [1.29, 1.82) is 0 Å². The Morgan fingerprint density at radius 3 is 2.69 bits per heavy atom. The highest BCUT2D eigenvalue weighted by Gasteiger charge is 2.47. The van der Waals surface area contributed by atoms with Gasteiger partial charge in [-0.1, -0.05) is 6.07 Å². The Kier molecular flexibility index (Phi) is 5.82. The fourth-order valence-electron chi connectivity index (χ4n) is 5.90. The average molecular weight is 475 g/mol. The Hall–Kier alpha value is -3.16. The third-order valence-electron chi connectivity index (χ3n) is 7.99. The Balaban J connectivity index is 1.29. The van der Waals surface area contributed by atoms with E-state index in [4.69, 9.17) is 4.98 Å². The van der Waals surface area contributed by atoms with Crippen LogP contribution < -0.4 is 10.6 Å². The molecule has 2 amide bonds. The van der Waals surface area contributed by atoms with E-state index in [2.05, 4.69) is 32.8 Å². The lowest BCUT2D eigenvalue weighted by molar-refractivity contribution is -0.126. The predicted molar refractivity (Wildman–Crippen MR) is 133 cm³/mol. The topological polar surface area (TPSA) is 105 Å². The molecule has 0 radical (unpaired) electrons. The molecule has 0 bridgehead atoms. The SMILES string of the molecule is CCn1nccc1C(=O)N[C@H](c1nc2ccc(CC3CCCNC3=O)cc2[nH]1)C(C1CC1)C1CC1. The predicted octanol–water partition coefficient (Wildman–Crippen LogP) is 3.76. The zero-order valence-corrected chi connectivity index (χ0v) is 20.3. The van der Waals surface area contributed by atoms with Gasteiger partial charge in [0.15, 0.2) is 0 Å². The highest BCUT2D eigenvalue weighted by Crippen LogP contribution is 2.54. The number of hydrogen-bond donors (Lipinski definition) is 3. The number of aromatic nitrogens is 4. The van der Waals surface area contributed by atoms with Crippen molar-refractivity contribution in [3.63, 3.8) is 0 Å². The van der Waals surface area contributed by atoms with Gasteiger partial charge < -0.3 is 15.6 Å². The smallest absolute Gasteiger partial charge is 0.270 e. The summed E-state index contributed by atoms with van der Waals surface area (Å²) in [5, 5.41) is 10.6. The maximum atomic E-state index is 13.3. The fraction of sp³-hybridized carbons (Fsp3) is 0.556. The third kappa shape index (κ3) is 4.58. The van der Waals surface area contributed by atoms with Gasteiger partial charge in [0.2, 0.25) is 5.91 Å². The summed E-state index contributed by atoms with van der Waals surface area (Å²) in [7, 11) is 0. The number of fused-ring (bicyclic) bond motifs is 1. The zero-order valence-electron chi connectivity index (χ0n) is 20.3. The van der Waals surface area contributed by atoms with Crippen LogP contribution in [0.3, 0.4) is 0 Å². The number of benzene rings is 1. The van der Waals surface area contributed by atoms with E-state index in [1.807, 2.05) is 13.0 Å². The third-order valence-corrected chi connectivity index (χ3v) is 7.99. The van der Waals surface area contributed by atoms with Gasteiger partial charge in [0, 0.05) is 25.2 Å². The van der Waals surface area contributed by atoms with Crippen LogP contribution in [0.5, 0.6) is 0 Å². The molecule has 2 aliphatic carbocycles. The molecule has 3 fully saturated rings. The minimum atomic E-state index is -0.150. The normalized spacial score (nSPS) is 21.3. The van der Waals surface area contributed by atoms with Gasteiger partial charge in [-0.05, 0) is 93.4 Å². The van der Waals surface area contributed by atoms with Crippen molar-refractivity contribution < 1.29 is 9.59 Å². The van der Waals surface area contributed by atoms with Gasteiger partial charge >= 0.3 is 0 Å². The standard InChI is InChI=1S/C27H34N6O2/c1-2-33-22(11-13-29-33)27(35)32-24(23(17-6-7-17)18-8-9-18)25-30-20-10-5-16(15-21(20)31-25)14-19-4-3-12-28-26(19)34/h5,10-11,13,15,17-19,23-24H,2-4,6-9,12,14H2,1H3,(H,28,34)(H,30,31)(H,32,35)/t19?,24-/m0/s1. The lowest BCUT2D eigenvalue weighted by atomic mass is 9.88. The minimum Gasteiger partial charge on any atom is -0.356 e. The number of amides is 2. The van der Waals surface area contributed by atoms with Gasteiger partial charge in [0.1, 0.15) is 11.5 Å². The van der Waals surface area contributed by atoms with E-state index in [-0.39, 0.29) is 23.8 Å². The average Bonchev–Trinajstić information content (AvgIpc) is 3.79. The molecule has 3 aliphatic rings. The minimum absolute atomic E-state index is 0.0353. The summed E-state index contributed by atoms with van der Waals surface area (Å²) in [5.74, 6) is 2.65. The second kappa shape index (κ2) is 9.13. The van der Waals surface area contributed by atoms with Crippen LogP contribution in [0.4, 0.5) is 0 Å². The van der Waals surface area contributed by atoms with Crippen LogP contribution in [-0.2, 0) is 17.8 Å². The summed E-state index contributed by atoms with van der Waals surface area (Å²) in [5.41, 5.74) is 3.60. The fourth-order valence-corrected chi connectivity index (χ4v) is 5.90. The first-order chi connectivity index (χ1) is 17.1. The second-order valence-corrected chi connectivity index (χ2v) is 10.5. The lowest BCUT2D eigenvalue weighted by Gasteiger charge is -2.27. The summed E-state index contributed by atoms with van der Waals surface area (Å²) in [6.45, 7) is 3.43. The van der Waals surface area contributed by atoms with E-state index in [0.717, 1.165) is 48.2 Å². The van der Waals surface area contributed by atoms with Crippen molar-refractivity contribution in [3.8, 4) is 0 Å². The lowest BCUT2D eigenvalue weighted by Crippen LogP contribution is -2.37. The molecule has 3 heterocycles. The Labute approximate surface area is 205 Å².